The molecular formula is C19H15FN4O5S. The molecule has 4 rings (SSSR count). The summed E-state index contributed by atoms with van der Waals surface area (Å²) in [5.41, 5.74) is 1.29. The molecule has 0 fully saturated rings. The first-order valence-corrected chi connectivity index (χ1v) is 10.6. The molecule has 30 heavy (non-hydrogen) atoms. The number of nitro groups is 1. The van der Waals surface area contributed by atoms with Crippen LogP contribution in [0.15, 0.2) is 42.5 Å². The lowest BCUT2D eigenvalue weighted by atomic mass is 10.1. The van der Waals surface area contributed by atoms with Crippen molar-refractivity contribution in [1.29, 1.82) is 0 Å². The van der Waals surface area contributed by atoms with Crippen molar-refractivity contribution in [3.63, 3.8) is 0 Å². The molecule has 1 aromatic heterocycles. The Labute approximate surface area is 170 Å². The second kappa shape index (κ2) is 7.02. The maximum Gasteiger partial charge on any atom is 0.273 e. The Hall–Kier alpha value is -3.60. The second-order valence-electron chi connectivity index (χ2n) is 6.91. The average Bonchev–Trinajstić information content (AvgIpc) is 3.15. The molecule has 1 aliphatic rings. The molecule has 1 N–H and O–H groups in total. The summed E-state index contributed by atoms with van der Waals surface area (Å²) in [6.45, 7) is 1.56. The normalized spacial score (nSPS) is 14.3. The molecule has 154 valence electrons. The Kier molecular flexibility index (Phi) is 4.61. The predicted molar refractivity (Wildman–Crippen MR) is 106 cm³/mol. The number of benzene rings is 2. The quantitative estimate of drug-likeness (QED) is 0.501. The van der Waals surface area contributed by atoms with Crippen LogP contribution in [0, 0.1) is 22.9 Å². The van der Waals surface area contributed by atoms with E-state index in [0.717, 1.165) is 6.07 Å². The van der Waals surface area contributed by atoms with Crippen LogP contribution in [-0.4, -0.2) is 29.0 Å². The molecule has 0 spiro atoms. The third-order valence-electron chi connectivity index (χ3n) is 4.76. The summed E-state index contributed by atoms with van der Waals surface area (Å²) in [6.07, 6.45) is 0. The largest absolute Gasteiger partial charge is 0.306 e. The maximum absolute atomic E-state index is 13.3. The first-order valence-electron chi connectivity index (χ1n) is 8.78. The smallest absolute Gasteiger partial charge is 0.273 e. The molecule has 1 aliphatic heterocycles. The number of halogens is 1. The number of anilines is 1. The fourth-order valence-corrected chi connectivity index (χ4v) is 4.76. The van der Waals surface area contributed by atoms with Crippen LogP contribution < -0.4 is 5.32 Å². The van der Waals surface area contributed by atoms with Crippen LogP contribution >= 0.6 is 0 Å². The summed E-state index contributed by atoms with van der Waals surface area (Å²) < 4.78 is 38.7. The molecule has 0 atom stereocenters. The Morgan fingerprint density at radius 2 is 1.90 bits per heavy atom. The van der Waals surface area contributed by atoms with Gasteiger partial charge in [-0.05, 0) is 37.3 Å². The monoisotopic (exact) mass is 430 g/mol. The fraction of sp³-hybridized carbons (Fsp3) is 0.158. The van der Waals surface area contributed by atoms with Gasteiger partial charge >= 0.3 is 0 Å². The standard InChI is InChI=1S/C19H15FN4O5S/c1-11-2-3-12(8-17(11)24(26)27)19(25)21-18-15-9-30(28,29)10-16(15)22-23(18)14-6-4-13(20)5-7-14/h2-8H,9-10H2,1H3,(H,21,25). The van der Waals surface area contributed by atoms with E-state index >= 15 is 0 Å². The highest BCUT2D eigenvalue weighted by Gasteiger charge is 2.33. The number of aryl methyl sites for hydroxylation is 1. The Bertz CT molecular complexity index is 1300. The van der Waals surface area contributed by atoms with Crippen molar-refractivity contribution in [1.82, 2.24) is 9.78 Å². The molecule has 11 heteroatoms. The van der Waals surface area contributed by atoms with Gasteiger partial charge in [-0.2, -0.15) is 5.10 Å². The SMILES string of the molecule is Cc1ccc(C(=O)Nc2c3c(nn2-c2ccc(F)cc2)CS(=O)(=O)C3)cc1[N+](=O)[O-]. The lowest BCUT2D eigenvalue weighted by Crippen LogP contribution is -2.17. The minimum atomic E-state index is -3.39. The molecule has 2 aromatic carbocycles. The number of sulfone groups is 1. The number of carbonyl (C=O) groups excluding carboxylic acids is 1. The number of hydrogen-bond donors (Lipinski definition) is 1. The number of nitrogens with one attached hydrogen (secondary N) is 1. The number of aromatic nitrogens is 2. The van der Waals surface area contributed by atoms with Gasteiger partial charge in [-0.3, -0.25) is 14.9 Å². The van der Waals surface area contributed by atoms with Crippen molar-refractivity contribution in [3.8, 4) is 5.69 Å². The number of amides is 1. The van der Waals surface area contributed by atoms with Crippen molar-refractivity contribution in [2.75, 3.05) is 5.32 Å². The number of carbonyl (C=O) groups is 1. The molecule has 0 unspecified atom stereocenters. The van der Waals surface area contributed by atoms with Crippen LogP contribution in [0.5, 0.6) is 0 Å². The van der Waals surface area contributed by atoms with Gasteiger partial charge in [-0.1, -0.05) is 6.07 Å². The summed E-state index contributed by atoms with van der Waals surface area (Å²) in [5.74, 6) is -1.55. The summed E-state index contributed by atoms with van der Waals surface area (Å²) in [6, 6.07) is 9.37. The minimum absolute atomic E-state index is 0.0359. The zero-order valence-electron chi connectivity index (χ0n) is 15.6. The van der Waals surface area contributed by atoms with Crippen LogP contribution in [0.1, 0.15) is 27.2 Å². The van der Waals surface area contributed by atoms with Crippen molar-refractivity contribution >= 4 is 27.2 Å². The van der Waals surface area contributed by atoms with Crippen LogP contribution in [0.25, 0.3) is 5.69 Å². The third-order valence-corrected chi connectivity index (χ3v) is 6.20. The van der Waals surface area contributed by atoms with E-state index in [0.29, 0.717) is 22.5 Å². The van der Waals surface area contributed by atoms with Crippen molar-refractivity contribution in [2.24, 2.45) is 0 Å². The topological polar surface area (TPSA) is 124 Å². The van der Waals surface area contributed by atoms with Gasteiger partial charge in [0.2, 0.25) is 0 Å². The van der Waals surface area contributed by atoms with Crippen molar-refractivity contribution in [2.45, 2.75) is 18.4 Å². The van der Waals surface area contributed by atoms with Gasteiger partial charge in [-0.15, -0.1) is 0 Å². The number of rotatable bonds is 4. The first kappa shape index (κ1) is 19.7. The zero-order chi connectivity index (χ0) is 21.6. The van der Waals surface area contributed by atoms with Gasteiger partial charge in [0.1, 0.15) is 11.6 Å². The van der Waals surface area contributed by atoms with Gasteiger partial charge in [0.25, 0.3) is 11.6 Å². The Balaban J connectivity index is 1.77. The molecule has 0 saturated carbocycles. The number of nitrogens with zero attached hydrogens (tertiary/aromatic N) is 3. The van der Waals surface area contributed by atoms with E-state index in [1.54, 1.807) is 6.92 Å². The lowest BCUT2D eigenvalue weighted by Gasteiger charge is -2.11. The molecular weight excluding hydrogens is 415 g/mol. The van der Waals surface area contributed by atoms with E-state index in [1.165, 1.54) is 41.1 Å². The van der Waals surface area contributed by atoms with Gasteiger partial charge in [0, 0.05) is 22.8 Å². The van der Waals surface area contributed by atoms with Crippen molar-refractivity contribution in [3.05, 3.63) is 80.8 Å². The highest BCUT2D eigenvalue weighted by molar-refractivity contribution is 7.90. The molecule has 0 radical (unpaired) electrons. The number of fused-ring (bicyclic) bond motifs is 1. The zero-order valence-corrected chi connectivity index (χ0v) is 16.4. The fourth-order valence-electron chi connectivity index (χ4n) is 3.27. The highest BCUT2D eigenvalue weighted by atomic mass is 32.2. The molecule has 3 aromatic rings. The molecule has 0 aliphatic carbocycles. The molecule has 2 heterocycles. The Morgan fingerprint density at radius 3 is 2.57 bits per heavy atom. The molecule has 0 saturated heterocycles. The van der Waals surface area contributed by atoms with Gasteiger partial charge < -0.3 is 5.32 Å². The first-order chi connectivity index (χ1) is 14.1. The summed E-state index contributed by atoms with van der Waals surface area (Å²) in [7, 11) is -3.39. The van der Waals surface area contributed by atoms with E-state index in [-0.39, 0.29) is 28.6 Å². The van der Waals surface area contributed by atoms with Gasteiger partial charge in [0.05, 0.1) is 27.8 Å². The van der Waals surface area contributed by atoms with Crippen LogP contribution in [0.3, 0.4) is 0 Å². The second-order valence-corrected chi connectivity index (χ2v) is 8.97. The summed E-state index contributed by atoms with van der Waals surface area (Å²) in [4.78, 5) is 23.4. The average molecular weight is 430 g/mol. The molecule has 1 amide bonds. The summed E-state index contributed by atoms with van der Waals surface area (Å²) >= 11 is 0. The molecule has 9 nitrogen and oxygen atoms in total. The maximum atomic E-state index is 13.3. The third kappa shape index (κ3) is 3.54. The number of hydrogen-bond acceptors (Lipinski definition) is 6. The van der Waals surface area contributed by atoms with E-state index in [2.05, 4.69) is 10.4 Å². The van der Waals surface area contributed by atoms with Crippen LogP contribution in [0.2, 0.25) is 0 Å². The lowest BCUT2D eigenvalue weighted by molar-refractivity contribution is -0.385. The van der Waals surface area contributed by atoms with Crippen LogP contribution in [0.4, 0.5) is 15.9 Å². The van der Waals surface area contributed by atoms with Gasteiger partial charge in [0.15, 0.2) is 9.84 Å². The van der Waals surface area contributed by atoms with Gasteiger partial charge in [-0.25, -0.2) is 17.5 Å². The van der Waals surface area contributed by atoms with E-state index < -0.39 is 26.5 Å². The Morgan fingerprint density at radius 1 is 1.20 bits per heavy atom. The molecule has 0 bridgehead atoms. The van der Waals surface area contributed by atoms with E-state index in [9.17, 15) is 27.7 Å². The predicted octanol–water partition coefficient (Wildman–Crippen LogP) is 2.91. The highest BCUT2D eigenvalue weighted by Crippen LogP contribution is 2.33. The summed E-state index contributed by atoms with van der Waals surface area (Å²) in [5, 5.41) is 18.1. The number of nitro benzene ring substituents is 1. The van der Waals surface area contributed by atoms with Crippen LogP contribution in [-0.2, 0) is 21.3 Å². The van der Waals surface area contributed by atoms with E-state index in [4.69, 9.17) is 0 Å². The van der Waals surface area contributed by atoms with E-state index in [1.807, 2.05) is 0 Å². The minimum Gasteiger partial charge on any atom is -0.306 e. The van der Waals surface area contributed by atoms with Crippen molar-refractivity contribution < 1.29 is 22.5 Å².